The van der Waals surface area contributed by atoms with E-state index < -0.39 is 0 Å². The first kappa shape index (κ1) is 25.2. The molecule has 1 aromatic heterocycles. The summed E-state index contributed by atoms with van der Waals surface area (Å²) in [5.41, 5.74) is 2.61. The number of hydrogen-bond acceptors (Lipinski definition) is 6. The minimum atomic E-state index is -0.283. The second kappa shape index (κ2) is 9.55. The van der Waals surface area contributed by atoms with Crippen LogP contribution in [0.4, 0.5) is 25.4 Å². The molecule has 6 rings (SSSR count). The Kier molecular flexibility index (Phi) is 6.32. The van der Waals surface area contributed by atoms with E-state index in [0.717, 1.165) is 62.9 Å². The Bertz CT molecular complexity index is 1210. The van der Waals surface area contributed by atoms with Crippen LogP contribution < -0.4 is 10.2 Å². The summed E-state index contributed by atoms with van der Waals surface area (Å²) in [6, 6.07) is 5.44. The monoisotopic (exact) mass is 527 g/mol. The van der Waals surface area contributed by atoms with E-state index in [9.17, 15) is 14.0 Å². The zero-order valence-electron chi connectivity index (χ0n) is 22.3. The Labute approximate surface area is 223 Å². The van der Waals surface area contributed by atoms with Gasteiger partial charge >= 0.3 is 12.1 Å². The summed E-state index contributed by atoms with van der Waals surface area (Å²) in [7, 11) is 0. The maximum atomic E-state index is 14.5. The Balaban J connectivity index is 0.00000308. The van der Waals surface area contributed by atoms with Crippen molar-refractivity contribution in [2.45, 2.75) is 82.8 Å². The zero-order chi connectivity index (χ0) is 26.6. The van der Waals surface area contributed by atoms with E-state index in [1.165, 1.54) is 6.07 Å². The first-order chi connectivity index (χ1) is 18.3. The lowest BCUT2D eigenvalue weighted by molar-refractivity contribution is 0.0282. The molecule has 38 heavy (non-hydrogen) atoms. The van der Waals surface area contributed by atoms with E-state index in [-0.39, 0.29) is 36.9 Å². The normalized spacial score (nSPS) is 26.1. The molecule has 4 aliphatic heterocycles. The van der Waals surface area contributed by atoms with Gasteiger partial charge in [0.1, 0.15) is 17.2 Å². The van der Waals surface area contributed by atoms with Gasteiger partial charge in [-0.05, 0) is 96.1 Å². The van der Waals surface area contributed by atoms with Crippen molar-refractivity contribution < 1.29 is 24.7 Å². The quantitative estimate of drug-likeness (QED) is 0.589. The number of carbonyl (C=O) groups is 2. The molecule has 0 aliphatic carbocycles. The summed E-state index contributed by atoms with van der Waals surface area (Å²) in [6.07, 6.45) is 5.56. The predicted molar refractivity (Wildman–Crippen MR) is 142 cm³/mol. The van der Waals surface area contributed by atoms with Crippen molar-refractivity contribution in [3.8, 4) is 0 Å². The molecule has 3 saturated heterocycles. The van der Waals surface area contributed by atoms with E-state index in [0.29, 0.717) is 36.3 Å². The number of nitrogens with one attached hydrogen (secondary N) is 1. The molecule has 3 fully saturated rings. The third-order valence-electron chi connectivity index (χ3n) is 9.25. The Morgan fingerprint density at radius 1 is 1.18 bits per heavy atom. The van der Waals surface area contributed by atoms with Crippen molar-refractivity contribution >= 4 is 23.5 Å². The Hall–Kier alpha value is -3.14. The van der Waals surface area contributed by atoms with Gasteiger partial charge < -0.3 is 24.4 Å². The van der Waals surface area contributed by atoms with Crippen molar-refractivity contribution in [3.63, 3.8) is 0 Å². The van der Waals surface area contributed by atoms with Gasteiger partial charge in [0.05, 0.1) is 6.61 Å². The number of nitrogens with zero attached hydrogens (tertiary/aromatic N) is 4. The standard InChI is InChI=1S/C28H36FN5O4.H2/c1-4-37-27(36)34-20-6-7-21(34)15-22(14-20)32-11-9-28(10-12-32)16-33(24-8-5-19(29)13-23(24)28)26(35)30-25-17(2)31-38-18(25)3;/h5,8,13,20-22H,4,6-7,9-12,14-16H2,1-3H3,(H,30,35);1H. The number of piperidine rings is 2. The van der Waals surface area contributed by atoms with Crippen LogP contribution in [0.15, 0.2) is 22.7 Å². The van der Waals surface area contributed by atoms with Gasteiger partial charge in [-0.2, -0.15) is 0 Å². The van der Waals surface area contributed by atoms with Gasteiger partial charge in [-0.15, -0.1) is 0 Å². The summed E-state index contributed by atoms with van der Waals surface area (Å²) in [5, 5.41) is 6.90. The van der Waals surface area contributed by atoms with Gasteiger partial charge in [0.25, 0.3) is 0 Å². The van der Waals surface area contributed by atoms with Crippen LogP contribution in [-0.4, -0.2) is 71.4 Å². The van der Waals surface area contributed by atoms with Crippen LogP contribution in [0.25, 0.3) is 0 Å². The molecular formula is C28H38FN5O4. The molecule has 2 aromatic rings. The Morgan fingerprint density at radius 2 is 1.89 bits per heavy atom. The van der Waals surface area contributed by atoms with Crippen molar-refractivity contribution in [2.24, 2.45) is 0 Å². The first-order valence-electron chi connectivity index (χ1n) is 13.8. The Morgan fingerprint density at radius 3 is 2.53 bits per heavy atom. The summed E-state index contributed by atoms with van der Waals surface area (Å²) in [5.74, 6) is 0.279. The number of carbonyl (C=O) groups excluding carboxylic acids is 2. The van der Waals surface area contributed by atoms with Crippen LogP contribution in [-0.2, 0) is 10.2 Å². The predicted octanol–water partition coefficient (Wildman–Crippen LogP) is 5.21. The number of anilines is 2. The number of rotatable bonds is 3. The molecule has 2 atom stereocenters. The minimum absolute atomic E-state index is 0. The second-order valence-corrected chi connectivity index (χ2v) is 11.3. The molecule has 206 valence electrons. The van der Waals surface area contributed by atoms with E-state index in [1.807, 2.05) is 11.8 Å². The topological polar surface area (TPSA) is 91.2 Å². The average molecular weight is 528 g/mol. The number of likely N-dealkylation sites (tertiary alicyclic amines) is 1. The number of halogens is 1. The number of urea groups is 1. The fourth-order valence-electron chi connectivity index (χ4n) is 7.35. The third-order valence-corrected chi connectivity index (χ3v) is 9.25. The van der Waals surface area contributed by atoms with Crippen molar-refractivity contribution in [3.05, 3.63) is 41.0 Å². The molecule has 10 heteroatoms. The van der Waals surface area contributed by atoms with Gasteiger partial charge in [-0.3, -0.25) is 4.90 Å². The summed E-state index contributed by atoms with van der Waals surface area (Å²) in [6.45, 7) is 8.11. The first-order valence-corrected chi connectivity index (χ1v) is 13.8. The molecular weight excluding hydrogens is 489 g/mol. The number of hydrogen-bond donors (Lipinski definition) is 1. The lowest BCUT2D eigenvalue weighted by Gasteiger charge is -2.47. The van der Waals surface area contributed by atoms with Gasteiger partial charge in [0.15, 0.2) is 5.76 Å². The summed E-state index contributed by atoms with van der Waals surface area (Å²) < 4.78 is 25.0. The highest BCUT2D eigenvalue weighted by atomic mass is 19.1. The molecule has 9 nitrogen and oxygen atoms in total. The van der Waals surface area contributed by atoms with E-state index in [2.05, 4.69) is 15.4 Å². The smallest absolute Gasteiger partial charge is 0.410 e. The highest BCUT2D eigenvalue weighted by molar-refractivity contribution is 6.04. The molecule has 0 saturated carbocycles. The maximum absolute atomic E-state index is 14.5. The number of fused-ring (bicyclic) bond motifs is 4. The molecule has 4 aliphatic rings. The molecule has 1 N–H and O–H groups in total. The number of aryl methyl sites for hydroxylation is 2. The van der Waals surface area contributed by atoms with Crippen molar-refractivity contribution in [1.82, 2.24) is 15.0 Å². The highest BCUT2D eigenvalue weighted by Crippen LogP contribution is 2.49. The fourth-order valence-corrected chi connectivity index (χ4v) is 7.35. The van der Waals surface area contributed by atoms with Crippen molar-refractivity contribution in [1.29, 1.82) is 0 Å². The zero-order valence-corrected chi connectivity index (χ0v) is 22.3. The highest BCUT2D eigenvalue weighted by Gasteiger charge is 2.50. The molecule has 1 aromatic carbocycles. The summed E-state index contributed by atoms with van der Waals surface area (Å²) in [4.78, 5) is 32.2. The van der Waals surface area contributed by atoms with E-state index in [1.54, 1.807) is 30.9 Å². The molecule has 2 unspecified atom stereocenters. The molecule has 2 bridgehead atoms. The van der Waals surface area contributed by atoms with Crippen LogP contribution in [0.5, 0.6) is 0 Å². The van der Waals surface area contributed by atoms with Crippen LogP contribution in [0.1, 0.15) is 63.9 Å². The van der Waals surface area contributed by atoms with Crippen LogP contribution in [0.3, 0.4) is 0 Å². The summed E-state index contributed by atoms with van der Waals surface area (Å²) >= 11 is 0. The van der Waals surface area contributed by atoms with Crippen LogP contribution >= 0.6 is 0 Å². The number of amides is 3. The van der Waals surface area contributed by atoms with Crippen molar-refractivity contribution in [2.75, 3.05) is 36.5 Å². The number of ether oxygens (including phenoxy) is 1. The average Bonchev–Trinajstić information content (AvgIpc) is 3.49. The molecule has 1 spiro atoms. The fraction of sp³-hybridized carbons (Fsp3) is 0.607. The van der Waals surface area contributed by atoms with Crippen LogP contribution in [0.2, 0.25) is 0 Å². The lowest BCUT2D eigenvalue weighted by atomic mass is 9.73. The molecule has 5 heterocycles. The molecule has 3 amide bonds. The lowest BCUT2D eigenvalue weighted by Crippen LogP contribution is -2.55. The van der Waals surface area contributed by atoms with Gasteiger partial charge in [-0.1, -0.05) is 5.16 Å². The van der Waals surface area contributed by atoms with Gasteiger partial charge in [-0.25, -0.2) is 14.0 Å². The van der Waals surface area contributed by atoms with E-state index >= 15 is 0 Å². The maximum Gasteiger partial charge on any atom is 0.410 e. The van der Waals surface area contributed by atoms with Gasteiger partial charge in [0, 0.05) is 37.2 Å². The third kappa shape index (κ3) is 4.13. The second-order valence-electron chi connectivity index (χ2n) is 11.3. The van der Waals surface area contributed by atoms with E-state index in [4.69, 9.17) is 9.26 Å². The van der Waals surface area contributed by atoms with Crippen LogP contribution in [0, 0.1) is 19.7 Å². The number of aromatic nitrogens is 1. The molecule has 0 radical (unpaired) electrons. The van der Waals surface area contributed by atoms with Gasteiger partial charge in [0.2, 0.25) is 0 Å². The minimum Gasteiger partial charge on any atom is -0.450 e. The largest absolute Gasteiger partial charge is 0.450 e. The SMILES string of the molecule is CCOC(=O)N1C2CCC1CC(N1CCC3(CC1)CN(C(=O)Nc1c(C)noc1C)c1ccc(F)cc13)C2.[HH]. The number of benzene rings is 1.